The van der Waals surface area contributed by atoms with Gasteiger partial charge in [-0.2, -0.15) is 0 Å². The molecule has 0 spiro atoms. The van der Waals surface area contributed by atoms with E-state index in [1.165, 1.54) is 24.5 Å². The minimum absolute atomic E-state index is 0.221. The van der Waals surface area contributed by atoms with Gasteiger partial charge in [-0.3, -0.25) is 9.59 Å². The molecular formula is C16H13NO5. The molecule has 2 heterocycles. The van der Waals surface area contributed by atoms with Crippen LogP contribution in [0.25, 0.3) is 0 Å². The molecule has 0 N–H and O–H groups in total. The number of nitrogens with zero attached hydrogens (tertiary/aromatic N) is 1. The van der Waals surface area contributed by atoms with Crippen LogP contribution in [-0.2, 0) is 11.3 Å². The summed E-state index contributed by atoms with van der Waals surface area (Å²) in [6.45, 7) is 1.95. The number of rotatable bonds is 4. The highest BCUT2D eigenvalue weighted by Crippen LogP contribution is 2.24. The number of benzene rings is 1. The predicted octanol–water partition coefficient (Wildman–Crippen LogP) is 2.60. The summed E-state index contributed by atoms with van der Waals surface area (Å²) < 4.78 is 5.22. The molecular weight excluding hydrogens is 286 g/mol. The summed E-state index contributed by atoms with van der Waals surface area (Å²) >= 11 is 0. The molecule has 0 fully saturated rings. The average molecular weight is 299 g/mol. The highest BCUT2D eigenvalue weighted by molar-refractivity contribution is 6.21. The molecule has 22 heavy (non-hydrogen) atoms. The number of hydrogen-bond acceptors (Lipinski definition) is 5. The van der Waals surface area contributed by atoms with Crippen LogP contribution in [0.15, 0.2) is 41.0 Å². The Kier molecular flexibility index (Phi) is 3.50. The number of imide groups is 1. The Hall–Kier alpha value is -2.89. The zero-order valence-electron chi connectivity index (χ0n) is 11.9. The smallest absolute Gasteiger partial charge is 0.367 e. The van der Waals surface area contributed by atoms with Crippen LogP contribution in [0.5, 0.6) is 0 Å². The van der Waals surface area contributed by atoms with E-state index in [1.807, 2.05) is 6.92 Å². The Labute approximate surface area is 126 Å². The molecule has 1 aliphatic rings. The minimum Gasteiger partial charge on any atom is -0.468 e. The SMILES string of the molecule is CCCc1occc1C(=O)ON1C(=O)c2ccccc2C1=O. The third-order valence-electron chi connectivity index (χ3n) is 3.37. The number of aryl methyl sites for hydroxylation is 1. The van der Waals surface area contributed by atoms with Crippen molar-refractivity contribution < 1.29 is 23.6 Å². The fraction of sp³-hybridized carbons (Fsp3) is 0.188. The summed E-state index contributed by atoms with van der Waals surface area (Å²) in [4.78, 5) is 41.4. The van der Waals surface area contributed by atoms with E-state index in [2.05, 4.69) is 0 Å². The Morgan fingerprint density at radius 1 is 1.14 bits per heavy atom. The minimum atomic E-state index is -0.785. The molecule has 0 unspecified atom stereocenters. The van der Waals surface area contributed by atoms with Crippen molar-refractivity contribution in [3.05, 3.63) is 59.0 Å². The summed E-state index contributed by atoms with van der Waals surface area (Å²) in [5.41, 5.74) is 0.668. The lowest BCUT2D eigenvalue weighted by Gasteiger charge is -2.12. The first-order valence-electron chi connectivity index (χ1n) is 6.90. The van der Waals surface area contributed by atoms with Crippen LogP contribution in [0.1, 0.15) is 50.2 Å². The Bertz CT molecular complexity index is 726. The van der Waals surface area contributed by atoms with E-state index >= 15 is 0 Å². The molecule has 112 valence electrons. The van der Waals surface area contributed by atoms with Gasteiger partial charge in [-0.15, -0.1) is 0 Å². The molecule has 0 radical (unpaired) electrons. The number of carbonyl (C=O) groups excluding carboxylic acids is 3. The van der Waals surface area contributed by atoms with E-state index in [-0.39, 0.29) is 16.7 Å². The number of hydroxylamine groups is 2. The lowest BCUT2D eigenvalue weighted by molar-refractivity contribution is -0.0586. The summed E-state index contributed by atoms with van der Waals surface area (Å²) in [7, 11) is 0. The zero-order valence-corrected chi connectivity index (χ0v) is 11.9. The van der Waals surface area contributed by atoms with Gasteiger partial charge in [0.15, 0.2) is 0 Å². The van der Waals surface area contributed by atoms with E-state index in [9.17, 15) is 14.4 Å². The van der Waals surface area contributed by atoms with Crippen LogP contribution in [0, 0.1) is 0 Å². The molecule has 3 rings (SSSR count). The van der Waals surface area contributed by atoms with Crippen molar-refractivity contribution >= 4 is 17.8 Å². The standard InChI is InChI=1S/C16H13NO5/c1-2-5-13-12(8-9-21-13)16(20)22-17-14(18)10-6-3-4-7-11(10)15(17)19/h3-4,6-9H,2,5H2,1H3. The van der Waals surface area contributed by atoms with Gasteiger partial charge < -0.3 is 9.25 Å². The van der Waals surface area contributed by atoms with Crippen LogP contribution in [-0.4, -0.2) is 22.8 Å². The largest absolute Gasteiger partial charge is 0.468 e. The van der Waals surface area contributed by atoms with Crippen LogP contribution in [0.4, 0.5) is 0 Å². The van der Waals surface area contributed by atoms with Gasteiger partial charge in [-0.05, 0) is 24.6 Å². The quantitative estimate of drug-likeness (QED) is 0.811. The normalized spacial score (nSPS) is 13.4. The van der Waals surface area contributed by atoms with Crippen molar-refractivity contribution in [1.82, 2.24) is 5.06 Å². The molecule has 6 nitrogen and oxygen atoms in total. The second-order valence-electron chi connectivity index (χ2n) is 4.84. The highest BCUT2D eigenvalue weighted by Gasteiger charge is 2.39. The van der Waals surface area contributed by atoms with Gasteiger partial charge in [0.2, 0.25) is 0 Å². The van der Waals surface area contributed by atoms with E-state index in [0.717, 1.165) is 6.42 Å². The van der Waals surface area contributed by atoms with Crippen LogP contribution < -0.4 is 0 Å². The number of carbonyl (C=O) groups is 3. The maximum absolute atomic E-state index is 12.2. The molecule has 0 saturated carbocycles. The van der Waals surface area contributed by atoms with E-state index in [1.54, 1.807) is 12.1 Å². The van der Waals surface area contributed by atoms with Crippen molar-refractivity contribution in [3.8, 4) is 0 Å². The molecule has 1 aliphatic heterocycles. The number of hydrogen-bond donors (Lipinski definition) is 0. The lowest BCUT2D eigenvalue weighted by atomic mass is 10.1. The van der Waals surface area contributed by atoms with Crippen LogP contribution >= 0.6 is 0 Å². The van der Waals surface area contributed by atoms with Crippen molar-refractivity contribution in [2.45, 2.75) is 19.8 Å². The molecule has 2 amide bonds. The third kappa shape index (κ3) is 2.18. The molecule has 0 bridgehead atoms. The fourth-order valence-electron chi connectivity index (χ4n) is 2.33. The van der Waals surface area contributed by atoms with Gasteiger partial charge in [-0.25, -0.2) is 4.79 Å². The highest BCUT2D eigenvalue weighted by atomic mass is 16.7. The van der Waals surface area contributed by atoms with Crippen LogP contribution in [0.3, 0.4) is 0 Å². The predicted molar refractivity (Wildman–Crippen MR) is 75.1 cm³/mol. The summed E-state index contributed by atoms with van der Waals surface area (Å²) in [6.07, 6.45) is 2.74. The Balaban J connectivity index is 1.82. The fourth-order valence-corrected chi connectivity index (χ4v) is 2.33. The Morgan fingerprint density at radius 2 is 1.77 bits per heavy atom. The number of furan rings is 1. The topological polar surface area (TPSA) is 76.8 Å². The van der Waals surface area contributed by atoms with E-state index in [4.69, 9.17) is 9.25 Å². The summed E-state index contributed by atoms with van der Waals surface area (Å²) in [6, 6.07) is 7.79. The van der Waals surface area contributed by atoms with Crippen LogP contribution in [0.2, 0.25) is 0 Å². The van der Waals surface area contributed by atoms with Gasteiger partial charge in [0.1, 0.15) is 11.3 Å². The van der Waals surface area contributed by atoms with Crippen molar-refractivity contribution in [2.75, 3.05) is 0 Å². The first-order valence-corrected chi connectivity index (χ1v) is 6.90. The molecule has 1 aromatic heterocycles. The van der Waals surface area contributed by atoms with Crippen molar-refractivity contribution in [1.29, 1.82) is 0 Å². The molecule has 0 atom stereocenters. The van der Waals surface area contributed by atoms with E-state index < -0.39 is 17.8 Å². The van der Waals surface area contributed by atoms with Crippen molar-refractivity contribution in [2.24, 2.45) is 0 Å². The van der Waals surface area contributed by atoms with Gasteiger partial charge in [0, 0.05) is 6.42 Å². The van der Waals surface area contributed by atoms with Gasteiger partial charge in [0.25, 0.3) is 11.8 Å². The Morgan fingerprint density at radius 3 is 2.36 bits per heavy atom. The molecule has 6 heteroatoms. The van der Waals surface area contributed by atoms with E-state index in [0.29, 0.717) is 17.2 Å². The lowest BCUT2D eigenvalue weighted by Crippen LogP contribution is -2.32. The monoisotopic (exact) mass is 299 g/mol. The molecule has 2 aromatic rings. The zero-order chi connectivity index (χ0) is 15.7. The first-order chi connectivity index (χ1) is 10.6. The number of fused-ring (bicyclic) bond motifs is 1. The second kappa shape index (κ2) is 5.48. The molecule has 1 aromatic carbocycles. The number of amides is 2. The summed E-state index contributed by atoms with van der Waals surface area (Å²) in [5.74, 6) is -1.60. The molecule has 0 aliphatic carbocycles. The molecule has 0 saturated heterocycles. The first kappa shape index (κ1) is 14.1. The van der Waals surface area contributed by atoms with Crippen molar-refractivity contribution in [3.63, 3.8) is 0 Å². The maximum Gasteiger partial charge on any atom is 0.367 e. The van der Waals surface area contributed by atoms with Gasteiger partial charge in [0.05, 0.1) is 17.4 Å². The average Bonchev–Trinajstić information content (AvgIpc) is 3.07. The summed E-state index contributed by atoms with van der Waals surface area (Å²) in [5, 5.41) is 0.496. The maximum atomic E-state index is 12.2. The third-order valence-corrected chi connectivity index (χ3v) is 3.37. The van der Waals surface area contributed by atoms with Gasteiger partial charge in [-0.1, -0.05) is 24.1 Å². The second-order valence-corrected chi connectivity index (χ2v) is 4.84. The van der Waals surface area contributed by atoms with Gasteiger partial charge >= 0.3 is 5.97 Å².